The number of oxime groups is 1. The molecule has 5 nitrogen and oxygen atoms in total. The van der Waals surface area contributed by atoms with E-state index in [-0.39, 0.29) is 36.7 Å². The van der Waals surface area contributed by atoms with Gasteiger partial charge in [-0.1, -0.05) is 53.2 Å². The molecule has 0 N–H and O–H groups in total. The Hall–Kier alpha value is -3.41. The zero-order valence-electron chi connectivity index (χ0n) is 16.0. The van der Waals surface area contributed by atoms with Gasteiger partial charge in [0, 0.05) is 18.5 Å². The second kappa shape index (κ2) is 8.31. The van der Waals surface area contributed by atoms with Crippen molar-refractivity contribution >= 4 is 11.6 Å². The summed E-state index contributed by atoms with van der Waals surface area (Å²) < 4.78 is 19.4. The van der Waals surface area contributed by atoms with Gasteiger partial charge >= 0.3 is 0 Å². The summed E-state index contributed by atoms with van der Waals surface area (Å²) in [5, 5.41) is 4.20. The number of aryl methyl sites for hydroxylation is 1. The highest BCUT2D eigenvalue weighted by atomic mass is 19.1. The van der Waals surface area contributed by atoms with E-state index in [9.17, 15) is 9.18 Å². The van der Waals surface area contributed by atoms with E-state index in [1.807, 2.05) is 31.2 Å². The summed E-state index contributed by atoms with van der Waals surface area (Å²) in [6, 6.07) is 17.7. The summed E-state index contributed by atoms with van der Waals surface area (Å²) in [6.07, 6.45) is 1.71. The summed E-state index contributed by atoms with van der Waals surface area (Å²) in [6.45, 7) is 2.42. The van der Waals surface area contributed by atoms with Crippen LogP contribution in [0.3, 0.4) is 0 Å². The topological polar surface area (TPSA) is 55.0 Å². The van der Waals surface area contributed by atoms with Crippen molar-refractivity contribution in [1.29, 1.82) is 0 Å². The van der Waals surface area contributed by atoms with Crippen LogP contribution in [0.25, 0.3) is 0 Å². The fourth-order valence-electron chi connectivity index (χ4n) is 3.30. The first-order chi connectivity index (χ1) is 14.1. The molecule has 0 fully saturated rings. The van der Waals surface area contributed by atoms with Gasteiger partial charge in [-0.15, -0.1) is 0 Å². The van der Waals surface area contributed by atoms with Gasteiger partial charge in [0.2, 0.25) is 0 Å². The third-order valence-electron chi connectivity index (χ3n) is 4.88. The van der Waals surface area contributed by atoms with E-state index in [1.54, 1.807) is 30.3 Å². The van der Waals surface area contributed by atoms with Crippen molar-refractivity contribution in [2.24, 2.45) is 5.16 Å². The maximum absolute atomic E-state index is 14.2. The number of rotatable bonds is 6. The van der Waals surface area contributed by atoms with E-state index in [0.29, 0.717) is 12.0 Å². The number of carbonyl (C=O) groups excluding carboxylic acids is 1. The Balaban J connectivity index is 1.49. The lowest BCUT2D eigenvalue weighted by Gasteiger charge is -2.24. The number of carbonyl (C=O) groups is 1. The van der Waals surface area contributed by atoms with Crippen LogP contribution < -0.4 is 0 Å². The highest BCUT2D eigenvalue weighted by Crippen LogP contribution is 2.21. The van der Waals surface area contributed by atoms with Crippen LogP contribution in [0, 0.1) is 12.7 Å². The lowest BCUT2D eigenvalue weighted by molar-refractivity contribution is 0.0385. The minimum atomic E-state index is -0.353. The maximum atomic E-state index is 14.2. The molecule has 2 aromatic carbocycles. The molecular formula is C23H21FN2O3. The Labute approximate surface area is 168 Å². The molecule has 1 aliphatic rings. The monoisotopic (exact) mass is 392 g/mol. The number of halogens is 1. The third kappa shape index (κ3) is 4.37. The minimum Gasteiger partial charge on any atom is -0.459 e. The molecule has 4 rings (SSSR count). The van der Waals surface area contributed by atoms with Gasteiger partial charge in [0.05, 0.1) is 18.5 Å². The van der Waals surface area contributed by atoms with Gasteiger partial charge in [-0.25, -0.2) is 4.39 Å². The summed E-state index contributed by atoms with van der Waals surface area (Å²) in [5.74, 6) is -0.460. The summed E-state index contributed by atoms with van der Waals surface area (Å²) >= 11 is 0. The molecule has 1 amide bonds. The average molecular weight is 392 g/mol. The molecule has 148 valence electrons. The second-order valence-corrected chi connectivity index (χ2v) is 7.09. The van der Waals surface area contributed by atoms with E-state index in [2.05, 4.69) is 5.16 Å². The first kappa shape index (κ1) is 18.9. The van der Waals surface area contributed by atoms with Crippen LogP contribution in [0.4, 0.5) is 4.39 Å². The Bertz CT molecular complexity index is 1010. The lowest BCUT2D eigenvalue weighted by atomic mass is 10.0. The van der Waals surface area contributed by atoms with Crippen molar-refractivity contribution in [3.63, 3.8) is 0 Å². The number of hydrogen-bond donors (Lipinski definition) is 0. The predicted molar refractivity (Wildman–Crippen MR) is 107 cm³/mol. The van der Waals surface area contributed by atoms with Gasteiger partial charge in [-0.05, 0) is 30.7 Å². The zero-order chi connectivity index (χ0) is 20.2. The summed E-state index contributed by atoms with van der Waals surface area (Å²) in [7, 11) is 0. The molecule has 0 bridgehead atoms. The Morgan fingerprint density at radius 1 is 1.14 bits per heavy atom. The van der Waals surface area contributed by atoms with E-state index >= 15 is 0 Å². The van der Waals surface area contributed by atoms with Gasteiger partial charge in [0.15, 0.2) is 11.9 Å². The number of nitrogens with zero attached hydrogens (tertiary/aromatic N) is 2. The number of amides is 1. The Morgan fingerprint density at radius 2 is 1.93 bits per heavy atom. The third-order valence-corrected chi connectivity index (χ3v) is 4.88. The van der Waals surface area contributed by atoms with Crippen molar-refractivity contribution in [2.45, 2.75) is 26.0 Å². The number of hydrogen-bond acceptors (Lipinski definition) is 4. The smallest absolute Gasteiger partial charge is 0.289 e. The molecule has 0 saturated carbocycles. The first-order valence-corrected chi connectivity index (χ1v) is 9.46. The van der Waals surface area contributed by atoms with Crippen molar-refractivity contribution in [3.05, 3.63) is 95.2 Å². The first-order valence-electron chi connectivity index (χ1n) is 9.46. The molecule has 1 aliphatic heterocycles. The quantitative estimate of drug-likeness (QED) is 0.618. The molecule has 2 heterocycles. The van der Waals surface area contributed by atoms with Gasteiger partial charge in [0.25, 0.3) is 5.91 Å². The highest BCUT2D eigenvalue weighted by Gasteiger charge is 2.28. The standard InChI is InChI=1S/C23H21FN2O3/c1-16-8-10-17(11-9-16)21-13-19(29-25-21)15-26(23(27)22-7-4-12-28-22)14-18-5-2-3-6-20(18)24/h2-12,19H,13-15H2,1H3/t19-/m0/s1. The predicted octanol–water partition coefficient (Wildman–Crippen LogP) is 4.56. The van der Waals surface area contributed by atoms with E-state index in [0.717, 1.165) is 11.3 Å². The van der Waals surface area contributed by atoms with Gasteiger partial charge in [-0.3, -0.25) is 4.79 Å². The fraction of sp³-hybridized carbons (Fsp3) is 0.217. The Kier molecular flexibility index (Phi) is 5.42. The molecule has 3 aromatic rings. The molecule has 6 heteroatoms. The molecule has 29 heavy (non-hydrogen) atoms. The summed E-state index contributed by atoms with van der Waals surface area (Å²) in [5.41, 5.74) is 3.44. The maximum Gasteiger partial charge on any atom is 0.289 e. The SMILES string of the molecule is Cc1ccc(C2=NO[C@H](CN(Cc3ccccc3F)C(=O)c3ccco3)C2)cc1. The minimum absolute atomic E-state index is 0.117. The molecule has 0 spiro atoms. The molecule has 0 saturated heterocycles. The molecule has 0 unspecified atom stereocenters. The highest BCUT2D eigenvalue weighted by molar-refractivity contribution is 6.01. The molecule has 1 aromatic heterocycles. The number of benzene rings is 2. The van der Waals surface area contributed by atoms with E-state index in [4.69, 9.17) is 9.25 Å². The van der Waals surface area contributed by atoms with Crippen LogP contribution in [-0.4, -0.2) is 29.2 Å². The van der Waals surface area contributed by atoms with Crippen LogP contribution in [0.2, 0.25) is 0 Å². The normalized spacial score (nSPS) is 15.7. The summed E-state index contributed by atoms with van der Waals surface area (Å²) in [4.78, 5) is 20.0. The van der Waals surface area contributed by atoms with Crippen LogP contribution in [0.15, 0.2) is 76.5 Å². The second-order valence-electron chi connectivity index (χ2n) is 7.09. The van der Waals surface area contributed by atoms with Crippen molar-refractivity contribution in [3.8, 4) is 0 Å². The zero-order valence-corrected chi connectivity index (χ0v) is 16.0. The molecule has 1 atom stereocenters. The molecule has 0 radical (unpaired) electrons. The van der Waals surface area contributed by atoms with Crippen molar-refractivity contribution in [1.82, 2.24) is 4.90 Å². The van der Waals surface area contributed by atoms with Crippen molar-refractivity contribution in [2.75, 3.05) is 6.54 Å². The lowest BCUT2D eigenvalue weighted by Crippen LogP contribution is -2.37. The van der Waals surface area contributed by atoms with E-state index in [1.165, 1.54) is 22.8 Å². The fourth-order valence-corrected chi connectivity index (χ4v) is 3.30. The van der Waals surface area contributed by atoms with Crippen LogP contribution in [0.5, 0.6) is 0 Å². The number of furan rings is 1. The van der Waals surface area contributed by atoms with Gasteiger partial charge < -0.3 is 14.2 Å². The van der Waals surface area contributed by atoms with Crippen LogP contribution in [-0.2, 0) is 11.4 Å². The largest absolute Gasteiger partial charge is 0.459 e. The van der Waals surface area contributed by atoms with E-state index < -0.39 is 0 Å². The van der Waals surface area contributed by atoms with Crippen LogP contribution in [0.1, 0.15) is 33.7 Å². The molecule has 0 aliphatic carbocycles. The Morgan fingerprint density at radius 3 is 2.66 bits per heavy atom. The van der Waals surface area contributed by atoms with Gasteiger partial charge in [-0.2, -0.15) is 0 Å². The average Bonchev–Trinajstić information content (AvgIpc) is 3.41. The van der Waals surface area contributed by atoms with Crippen molar-refractivity contribution < 1.29 is 18.4 Å². The molecular weight excluding hydrogens is 371 g/mol. The van der Waals surface area contributed by atoms with Crippen LogP contribution >= 0.6 is 0 Å². The van der Waals surface area contributed by atoms with Gasteiger partial charge in [0.1, 0.15) is 5.82 Å².